The van der Waals surface area contributed by atoms with Gasteiger partial charge in [0.05, 0.1) is 37.9 Å². The number of ether oxygens (including phenoxy) is 3. The van der Waals surface area contributed by atoms with Gasteiger partial charge >= 0.3 is 0 Å². The van der Waals surface area contributed by atoms with E-state index < -0.39 is 18.2 Å². The summed E-state index contributed by atoms with van der Waals surface area (Å²) in [5.41, 5.74) is 5.88. The summed E-state index contributed by atoms with van der Waals surface area (Å²) < 4.78 is 44.2. The number of hydrogen-bond donors (Lipinski definition) is 3. The molecule has 1 saturated heterocycles. The number of piperidine rings is 1. The maximum absolute atomic E-state index is 14.4. The Morgan fingerprint density at radius 3 is 2.39 bits per heavy atom. The molecule has 1 aromatic carbocycles. The number of aromatic nitrogens is 2. The SMILES string of the molecule is COc1cc(OC)c(F)c(COc2cnc(N/C(C=NCC3CCNCC3)=C/N)nc2)c1F. The lowest BCUT2D eigenvalue weighted by atomic mass is 9.99. The average Bonchev–Trinajstić information content (AvgIpc) is 2.85. The molecule has 1 aromatic heterocycles. The monoisotopic (exact) mass is 462 g/mol. The van der Waals surface area contributed by atoms with Crippen molar-refractivity contribution in [1.82, 2.24) is 15.3 Å². The fourth-order valence-electron chi connectivity index (χ4n) is 3.28. The molecule has 0 spiro atoms. The van der Waals surface area contributed by atoms with Crippen LogP contribution in [0.1, 0.15) is 18.4 Å². The third-order valence-corrected chi connectivity index (χ3v) is 5.16. The Morgan fingerprint density at radius 2 is 1.82 bits per heavy atom. The summed E-state index contributed by atoms with van der Waals surface area (Å²) in [5, 5.41) is 6.28. The van der Waals surface area contributed by atoms with Crippen LogP contribution in [0, 0.1) is 17.6 Å². The number of nitrogens with one attached hydrogen (secondary N) is 2. The first-order chi connectivity index (χ1) is 16.0. The van der Waals surface area contributed by atoms with Crippen molar-refractivity contribution < 1.29 is 23.0 Å². The lowest BCUT2D eigenvalue weighted by Gasteiger charge is -2.20. The Morgan fingerprint density at radius 1 is 1.18 bits per heavy atom. The average molecular weight is 463 g/mol. The second kappa shape index (κ2) is 12.0. The maximum Gasteiger partial charge on any atom is 0.227 e. The molecule has 11 heteroatoms. The van der Waals surface area contributed by atoms with Crippen molar-refractivity contribution >= 4 is 12.2 Å². The number of halogens is 2. The molecule has 0 amide bonds. The van der Waals surface area contributed by atoms with Gasteiger partial charge in [0.15, 0.2) is 28.9 Å². The van der Waals surface area contributed by atoms with Gasteiger partial charge in [-0.05, 0) is 31.8 Å². The second-order valence-electron chi connectivity index (χ2n) is 7.35. The van der Waals surface area contributed by atoms with Gasteiger partial charge in [-0.2, -0.15) is 0 Å². The van der Waals surface area contributed by atoms with Crippen molar-refractivity contribution in [2.75, 3.05) is 39.2 Å². The summed E-state index contributed by atoms with van der Waals surface area (Å²) in [4.78, 5) is 12.7. The molecule has 9 nitrogen and oxygen atoms in total. The molecule has 2 aromatic rings. The highest BCUT2D eigenvalue weighted by Crippen LogP contribution is 2.31. The second-order valence-corrected chi connectivity index (χ2v) is 7.35. The van der Waals surface area contributed by atoms with Crippen LogP contribution in [0.25, 0.3) is 0 Å². The van der Waals surface area contributed by atoms with Gasteiger partial charge in [0.25, 0.3) is 0 Å². The van der Waals surface area contributed by atoms with Crippen LogP contribution in [0.2, 0.25) is 0 Å². The number of nitrogens with zero attached hydrogens (tertiary/aromatic N) is 3. The van der Waals surface area contributed by atoms with Crippen molar-refractivity contribution in [3.8, 4) is 17.2 Å². The minimum atomic E-state index is -0.864. The smallest absolute Gasteiger partial charge is 0.227 e. The van der Waals surface area contributed by atoms with E-state index in [-0.39, 0.29) is 28.8 Å². The number of benzene rings is 1. The molecule has 2 heterocycles. The lowest BCUT2D eigenvalue weighted by molar-refractivity contribution is 0.280. The Balaban J connectivity index is 1.58. The van der Waals surface area contributed by atoms with E-state index in [0.29, 0.717) is 11.6 Å². The first-order valence-electron chi connectivity index (χ1n) is 10.5. The van der Waals surface area contributed by atoms with Gasteiger partial charge in [-0.25, -0.2) is 18.7 Å². The molecule has 1 aliphatic heterocycles. The largest absolute Gasteiger partial charge is 0.494 e. The molecule has 0 unspecified atom stereocenters. The maximum atomic E-state index is 14.4. The van der Waals surface area contributed by atoms with Gasteiger partial charge < -0.3 is 30.6 Å². The van der Waals surface area contributed by atoms with E-state index in [4.69, 9.17) is 19.9 Å². The predicted octanol–water partition coefficient (Wildman–Crippen LogP) is 2.63. The Bertz CT molecular complexity index is 951. The highest BCUT2D eigenvalue weighted by molar-refractivity contribution is 5.82. The lowest BCUT2D eigenvalue weighted by Crippen LogP contribution is -2.29. The highest BCUT2D eigenvalue weighted by atomic mass is 19.1. The Labute approximate surface area is 191 Å². The van der Waals surface area contributed by atoms with Gasteiger partial charge in [-0.15, -0.1) is 0 Å². The number of nitrogens with two attached hydrogens (primary N) is 1. The first kappa shape index (κ1) is 24.2. The van der Waals surface area contributed by atoms with Gasteiger partial charge in [0.1, 0.15) is 6.61 Å². The number of hydrogen-bond acceptors (Lipinski definition) is 9. The summed E-state index contributed by atoms with van der Waals surface area (Å²) in [5.74, 6) is -0.968. The van der Waals surface area contributed by atoms with Crippen LogP contribution in [-0.4, -0.2) is 50.0 Å². The van der Waals surface area contributed by atoms with Gasteiger partial charge in [0, 0.05) is 25.0 Å². The zero-order chi connectivity index (χ0) is 23.6. The number of anilines is 1. The van der Waals surface area contributed by atoms with E-state index in [9.17, 15) is 8.78 Å². The molecular formula is C22H28F2N6O3. The highest BCUT2D eigenvalue weighted by Gasteiger charge is 2.20. The Hall–Kier alpha value is -3.47. The third-order valence-electron chi connectivity index (χ3n) is 5.16. The molecule has 0 radical (unpaired) electrons. The van der Waals surface area contributed by atoms with E-state index in [1.807, 2.05) is 0 Å². The molecule has 0 saturated carbocycles. The summed E-state index contributed by atoms with van der Waals surface area (Å²) in [6.45, 7) is 2.37. The molecule has 0 atom stereocenters. The van der Waals surface area contributed by atoms with Crippen LogP contribution in [0.3, 0.4) is 0 Å². The van der Waals surface area contributed by atoms with Crippen LogP contribution in [-0.2, 0) is 6.61 Å². The number of rotatable bonds is 10. The van der Waals surface area contributed by atoms with Crippen LogP contribution < -0.4 is 30.6 Å². The number of allylic oxidation sites excluding steroid dienone is 1. The molecule has 1 aliphatic rings. The van der Waals surface area contributed by atoms with Crippen molar-refractivity contribution in [3.63, 3.8) is 0 Å². The summed E-state index contributed by atoms with van der Waals surface area (Å²) in [6, 6.07) is 1.13. The molecular weight excluding hydrogens is 434 g/mol. The van der Waals surface area contributed by atoms with E-state index in [0.717, 1.165) is 38.5 Å². The van der Waals surface area contributed by atoms with Gasteiger partial charge in [-0.3, -0.25) is 4.99 Å². The molecule has 0 aliphatic carbocycles. The fourth-order valence-corrected chi connectivity index (χ4v) is 3.28. The van der Waals surface area contributed by atoms with Crippen LogP contribution in [0.15, 0.2) is 35.3 Å². The zero-order valence-corrected chi connectivity index (χ0v) is 18.6. The predicted molar refractivity (Wildman–Crippen MR) is 121 cm³/mol. The van der Waals surface area contributed by atoms with Crippen LogP contribution >= 0.6 is 0 Å². The van der Waals surface area contributed by atoms with Crippen molar-refractivity contribution in [2.24, 2.45) is 16.6 Å². The minimum Gasteiger partial charge on any atom is -0.494 e. The topological polar surface area (TPSA) is 116 Å². The summed E-state index contributed by atoms with van der Waals surface area (Å²) in [7, 11) is 2.56. The molecule has 1 fully saturated rings. The molecule has 3 rings (SSSR count). The Kier molecular flexibility index (Phi) is 8.76. The minimum absolute atomic E-state index is 0.148. The van der Waals surface area contributed by atoms with Crippen LogP contribution in [0.5, 0.6) is 17.2 Å². The van der Waals surface area contributed by atoms with Crippen molar-refractivity contribution in [3.05, 3.63) is 47.6 Å². The molecule has 4 N–H and O–H groups in total. The van der Waals surface area contributed by atoms with Crippen molar-refractivity contribution in [2.45, 2.75) is 19.4 Å². The first-order valence-corrected chi connectivity index (χ1v) is 10.5. The van der Waals surface area contributed by atoms with Gasteiger partial charge in [-0.1, -0.05) is 0 Å². The molecule has 178 valence electrons. The number of aliphatic imine (C=N–C) groups is 1. The van der Waals surface area contributed by atoms with E-state index >= 15 is 0 Å². The van der Waals surface area contributed by atoms with E-state index in [2.05, 4.69) is 25.6 Å². The third kappa shape index (κ3) is 6.51. The fraction of sp³-hybridized carbons (Fsp3) is 0.409. The zero-order valence-electron chi connectivity index (χ0n) is 18.6. The van der Waals surface area contributed by atoms with E-state index in [1.54, 1.807) is 6.21 Å². The van der Waals surface area contributed by atoms with Crippen LogP contribution in [0.4, 0.5) is 14.7 Å². The molecule has 0 bridgehead atoms. The summed E-state index contributed by atoms with van der Waals surface area (Å²) >= 11 is 0. The van der Waals surface area contributed by atoms with E-state index in [1.165, 1.54) is 32.8 Å². The normalized spacial score (nSPS) is 15.0. The standard InChI is InChI=1S/C22H28F2N6O3/c1-31-18-7-19(32-2)21(24)17(20(18)23)13-33-16-11-28-22(29-12-16)30-15(8-25)10-27-9-14-3-5-26-6-4-14/h7-8,10-12,14,26H,3-6,9,13,25H2,1-2H3,(H,28,29,30)/b15-8+,27-10?. The number of methoxy groups -OCH3 is 2. The van der Waals surface area contributed by atoms with Crippen molar-refractivity contribution in [1.29, 1.82) is 0 Å². The van der Waals surface area contributed by atoms with Gasteiger partial charge in [0.2, 0.25) is 5.95 Å². The summed E-state index contributed by atoms with van der Waals surface area (Å²) in [6.07, 6.45) is 7.99. The molecule has 33 heavy (non-hydrogen) atoms. The quantitative estimate of drug-likeness (QED) is 0.462.